The molecule has 1 aromatic heterocycles. The zero-order valence-electron chi connectivity index (χ0n) is 13.4. The van der Waals surface area contributed by atoms with E-state index in [9.17, 15) is 14.3 Å². The molecule has 7 heteroatoms. The molecule has 1 amide bonds. The van der Waals surface area contributed by atoms with Gasteiger partial charge in [-0.1, -0.05) is 20.8 Å². The van der Waals surface area contributed by atoms with E-state index < -0.39 is 6.09 Å². The van der Waals surface area contributed by atoms with Crippen molar-refractivity contribution in [2.45, 2.75) is 26.8 Å². The molecular formula is C16H20FN3O3. The first-order chi connectivity index (χ1) is 10.8. The fourth-order valence-corrected chi connectivity index (χ4v) is 2.95. The predicted octanol–water partition coefficient (Wildman–Crippen LogP) is 3.18. The highest BCUT2D eigenvalue weighted by atomic mass is 19.1. The van der Waals surface area contributed by atoms with Crippen LogP contribution in [0.15, 0.2) is 22.6 Å². The van der Waals surface area contributed by atoms with Crippen molar-refractivity contribution in [2.75, 3.05) is 24.5 Å². The maximum Gasteiger partial charge on any atom is 0.407 e. The maximum absolute atomic E-state index is 13.3. The van der Waals surface area contributed by atoms with E-state index in [-0.39, 0.29) is 17.3 Å². The topological polar surface area (TPSA) is 69.8 Å². The van der Waals surface area contributed by atoms with Gasteiger partial charge in [0.05, 0.1) is 6.04 Å². The summed E-state index contributed by atoms with van der Waals surface area (Å²) < 4.78 is 19.0. The van der Waals surface area contributed by atoms with E-state index in [0.717, 1.165) is 0 Å². The number of hydrogen-bond donors (Lipinski definition) is 1. The molecule has 1 aliphatic heterocycles. The van der Waals surface area contributed by atoms with Crippen molar-refractivity contribution in [3.05, 3.63) is 24.0 Å². The van der Waals surface area contributed by atoms with Crippen molar-refractivity contribution in [3.63, 3.8) is 0 Å². The van der Waals surface area contributed by atoms with Crippen molar-refractivity contribution in [3.8, 4) is 0 Å². The Balaban J connectivity index is 1.89. The second-order valence-electron chi connectivity index (χ2n) is 6.91. The second-order valence-corrected chi connectivity index (χ2v) is 6.91. The van der Waals surface area contributed by atoms with E-state index in [0.29, 0.717) is 36.7 Å². The Morgan fingerprint density at radius 2 is 2.13 bits per heavy atom. The number of aromatic nitrogens is 1. The molecule has 0 spiro atoms. The maximum atomic E-state index is 13.3. The van der Waals surface area contributed by atoms with Gasteiger partial charge in [-0.05, 0) is 17.5 Å². The number of fused-ring (bicyclic) bond motifs is 1. The standard InChI is InChI=1S/C16H20FN3O3/c1-16(2,3)13-9-19(6-7-20(13)15(21)22)14-18-11-8-10(17)4-5-12(11)23-14/h4-5,8,13H,6-7,9H2,1-3H3,(H,21,22). The van der Waals surface area contributed by atoms with Crippen LogP contribution in [0.5, 0.6) is 0 Å². The highest BCUT2D eigenvalue weighted by Gasteiger charge is 2.39. The molecular weight excluding hydrogens is 301 g/mol. The van der Waals surface area contributed by atoms with E-state index >= 15 is 0 Å². The first kappa shape index (κ1) is 15.6. The molecule has 6 nitrogen and oxygen atoms in total. The minimum absolute atomic E-state index is 0.180. The number of rotatable bonds is 1. The Labute approximate surface area is 133 Å². The monoisotopic (exact) mass is 321 g/mol. The van der Waals surface area contributed by atoms with E-state index in [1.807, 2.05) is 25.7 Å². The molecule has 23 heavy (non-hydrogen) atoms. The Kier molecular flexibility index (Phi) is 3.66. The van der Waals surface area contributed by atoms with Crippen LogP contribution in [0, 0.1) is 11.2 Å². The van der Waals surface area contributed by atoms with Crippen LogP contribution in [0.3, 0.4) is 0 Å². The van der Waals surface area contributed by atoms with Gasteiger partial charge in [0.1, 0.15) is 11.3 Å². The zero-order chi connectivity index (χ0) is 16.8. The molecule has 2 heterocycles. The number of hydrogen-bond acceptors (Lipinski definition) is 4. The third-order valence-corrected chi connectivity index (χ3v) is 4.23. The van der Waals surface area contributed by atoms with Gasteiger partial charge in [0.2, 0.25) is 0 Å². The van der Waals surface area contributed by atoms with E-state index in [2.05, 4.69) is 4.98 Å². The summed E-state index contributed by atoms with van der Waals surface area (Å²) in [5, 5.41) is 9.40. The van der Waals surface area contributed by atoms with Gasteiger partial charge in [-0.2, -0.15) is 4.98 Å². The number of carboxylic acid groups (broad SMARTS) is 1. The lowest BCUT2D eigenvalue weighted by Crippen LogP contribution is -2.59. The molecule has 1 aliphatic rings. The van der Waals surface area contributed by atoms with Gasteiger partial charge in [-0.3, -0.25) is 0 Å². The van der Waals surface area contributed by atoms with Crippen LogP contribution >= 0.6 is 0 Å². The lowest BCUT2D eigenvalue weighted by atomic mass is 9.84. The summed E-state index contributed by atoms with van der Waals surface area (Å²) in [7, 11) is 0. The van der Waals surface area contributed by atoms with Crippen LogP contribution < -0.4 is 4.90 Å². The molecule has 124 valence electrons. The number of amides is 1. The molecule has 3 rings (SSSR count). The molecule has 1 saturated heterocycles. The Hall–Kier alpha value is -2.31. The number of halogens is 1. The van der Waals surface area contributed by atoms with Crippen molar-refractivity contribution in [1.29, 1.82) is 0 Å². The van der Waals surface area contributed by atoms with Gasteiger partial charge in [0.15, 0.2) is 5.58 Å². The van der Waals surface area contributed by atoms with Crippen LogP contribution in [0.2, 0.25) is 0 Å². The summed E-state index contributed by atoms with van der Waals surface area (Å²) in [6.45, 7) is 7.40. The number of piperazine rings is 1. The summed E-state index contributed by atoms with van der Waals surface area (Å²) in [6, 6.07) is 4.44. The smallest absolute Gasteiger partial charge is 0.407 e. The molecule has 0 saturated carbocycles. The summed E-state index contributed by atoms with van der Waals surface area (Å²) in [6.07, 6.45) is -0.913. The predicted molar refractivity (Wildman–Crippen MR) is 84.2 cm³/mol. The van der Waals surface area contributed by atoms with Crippen LogP contribution in [-0.2, 0) is 0 Å². The van der Waals surface area contributed by atoms with Gasteiger partial charge in [-0.25, -0.2) is 9.18 Å². The van der Waals surface area contributed by atoms with Crippen molar-refractivity contribution < 1.29 is 18.7 Å². The molecule has 0 radical (unpaired) electrons. The SMILES string of the molecule is CC(C)(C)C1CN(c2nc3cc(F)ccc3o2)CCN1C(=O)O. The van der Waals surface area contributed by atoms with Crippen molar-refractivity contribution in [1.82, 2.24) is 9.88 Å². The molecule has 0 bridgehead atoms. The minimum Gasteiger partial charge on any atom is -0.465 e. The quantitative estimate of drug-likeness (QED) is 0.873. The summed E-state index contributed by atoms with van der Waals surface area (Å²) in [5.74, 6) is -0.361. The largest absolute Gasteiger partial charge is 0.465 e. The minimum atomic E-state index is -0.913. The lowest BCUT2D eigenvalue weighted by Gasteiger charge is -2.45. The van der Waals surface area contributed by atoms with Crippen LogP contribution in [0.4, 0.5) is 15.2 Å². The molecule has 0 aliphatic carbocycles. The number of anilines is 1. The molecule has 1 aromatic carbocycles. The number of carbonyl (C=O) groups is 1. The van der Waals surface area contributed by atoms with Crippen LogP contribution in [0.25, 0.3) is 11.1 Å². The van der Waals surface area contributed by atoms with E-state index in [1.165, 1.54) is 17.0 Å². The van der Waals surface area contributed by atoms with Gasteiger partial charge in [-0.15, -0.1) is 0 Å². The average Bonchev–Trinajstić information content (AvgIpc) is 2.88. The van der Waals surface area contributed by atoms with E-state index in [1.54, 1.807) is 6.07 Å². The molecule has 1 unspecified atom stereocenters. The first-order valence-corrected chi connectivity index (χ1v) is 7.56. The highest BCUT2D eigenvalue weighted by Crippen LogP contribution is 2.31. The van der Waals surface area contributed by atoms with Gasteiger partial charge < -0.3 is 19.3 Å². The number of oxazole rings is 1. The number of nitrogens with zero attached hydrogens (tertiary/aromatic N) is 3. The average molecular weight is 321 g/mol. The lowest BCUT2D eigenvalue weighted by molar-refractivity contribution is 0.0737. The van der Waals surface area contributed by atoms with Gasteiger partial charge >= 0.3 is 6.09 Å². The van der Waals surface area contributed by atoms with Gasteiger partial charge in [0, 0.05) is 25.7 Å². The molecule has 2 aromatic rings. The molecule has 1 fully saturated rings. The Morgan fingerprint density at radius 3 is 2.78 bits per heavy atom. The summed E-state index contributed by atoms with van der Waals surface area (Å²) in [4.78, 5) is 19.2. The van der Waals surface area contributed by atoms with Gasteiger partial charge in [0.25, 0.3) is 6.01 Å². The van der Waals surface area contributed by atoms with Crippen molar-refractivity contribution in [2.24, 2.45) is 5.41 Å². The molecule has 1 atom stereocenters. The Bertz CT molecular complexity index is 738. The normalized spacial score (nSPS) is 19.4. The zero-order valence-corrected chi connectivity index (χ0v) is 13.4. The Morgan fingerprint density at radius 1 is 1.39 bits per heavy atom. The number of benzene rings is 1. The van der Waals surface area contributed by atoms with Crippen LogP contribution in [-0.4, -0.2) is 46.8 Å². The van der Waals surface area contributed by atoms with E-state index in [4.69, 9.17) is 4.42 Å². The van der Waals surface area contributed by atoms with Crippen molar-refractivity contribution >= 4 is 23.2 Å². The fraction of sp³-hybridized carbons (Fsp3) is 0.500. The summed E-state index contributed by atoms with van der Waals surface area (Å²) in [5.41, 5.74) is 0.775. The molecule has 1 N–H and O–H groups in total. The fourth-order valence-electron chi connectivity index (χ4n) is 2.95. The second kappa shape index (κ2) is 5.40. The summed E-state index contributed by atoms with van der Waals surface area (Å²) >= 11 is 0. The first-order valence-electron chi connectivity index (χ1n) is 7.56. The highest BCUT2D eigenvalue weighted by molar-refractivity contribution is 5.74. The third kappa shape index (κ3) is 2.95. The van der Waals surface area contributed by atoms with Crippen LogP contribution in [0.1, 0.15) is 20.8 Å². The third-order valence-electron chi connectivity index (χ3n) is 4.23.